The quantitative estimate of drug-likeness (QED) is 0.371. The Hall–Kier alpha value is -2.77. The Balaban J connectivity index is 1.64. The molecule has 1 heterocycles. The molecule has 0 aliphatic carbocycles. The van der Waals surface area contributed by atoms with Crippen molar-refractivity contribution in [1.29, 1.82) is 0 Å². The Kier molecular flexibility index (Phi) is 7.54. The smallest absolute Gasteiger partial charge is 0.234 e. The van der Waals surface area contributed by atoms with Crippen LogP contribution in [0.3, 0.4) is 0 Å². The number of anilines is 1. The first-order chi connectivity index (χ1) is 14.5. The van der Waals surface area contributed by atoms with Gasteiger partial charge in [0.1, 0.15) is 12.4 Å². The molecule has 8 heteroatoms. The number of ether oxygens (including phenoxy) is 1. The van der Waals surface area contributed by atoms with E-state index in [1.807, 2.05) is 48.7 Å². The predicted octanol–water partition coefficient (Wildman–Crippen LogP) is 5.04. The van der Waals surface area contributed by atoms with Crippen molar-refractivity contribution in [2.75, 3.05) is 11.1 Å². The number of allylic oxidation sites excluding steroid dienone is 1. The first-order valence-corrected chi connectivity index (χ1v) is 10.7. The van der Waals surface area contributed by atoms with Crippen molar-refractivity contribution in [1.82, 2.24) is 14.8 Å². The molecule has 1 aromatic heterocycles. The molecule has 0 unspecified atom stereocenters. The highest BCUT2D eigenvalue weighted by molar-refractivity contribution is 7.99. The van der Waals surface area contributed by atoms with Crippen LogP contribution in [0.4, 0.5) is 5.69 Å². The van der Waals surface area contributed by atoms with E-state index in [0.29, 0.717) is 28.3 Å². The number of carbonyl (C=O) groups is 1. The van der Waals surface area contributed by atoms with Crippen LogP contribution in [0.2, 0.25) is 5.02 Å². The van der Waals surface area contributed by atoms with Crippen molar-refractivity contribution in [2.24, 2.45) is 0 Å². The minimum absolute atomic E-state index is 0.101. The third-order valence-corrected chi connectivity index (χ3v) is 5.79. The lowest BCUT2D eigenvalue weighted by Crippen LogP contribution is -2.16. The molecule has 6 nitrogen and oxygen atoms in total. The van der Waals surface area contributed by atoms with Crippen LogP contribution in [0.15, 0.2) is 60.3 Å². The molecular weight excluding hydrogens is 420 g/mol. The van der Waals surface area contributed by atoms with Gasteiger partial charge in [-0.25, -0.2) is 0 Å². The summed E-state index contributed by atoms with van der Waals surface area (Å²) in [6, 6.07) is 13.1. The molecular formula is C22H23ClN4O2S. The maximum absolute atomic E-state index is 12.4. The van der Waals surface area contributed by atoms with Gasteiger partial charge in [0.25, 0.3) is 0 Å². The van der Waals surface area contributed by atoms with Crippen molar-refractivity contribution in [3.8, 4) is 5.75 Å². The summed E-state index contributed by atoms with van der Waals surface area (Å²) < 4.78 is 7.65. The number of rotatable bonds is 9. The number of para-hydroxylation sites is 1. The van der Waals surface area contributed by atoms with Crippen molar-refractivity contribution in [3.63, 3.8) is 0 Å². The second-order valence-corrected chi connectivity index (χ2v) is 7.95. The number of carbonyl (C=O) groups excluding carboxylic acids is 1. The van der Waals surface area contributed by atoms with Gasteiger partial charge in [-0.3, -0.25) is 9.36 Å². The Morgan fingerprint density at radius 2 is 2.03 bits per heavy atom. The Labute approximate surface area is 185 Å². The molecule has 1 N–H and O–H groups in total. The fourth-order valence-electron chi connectivity index (χ4n) is 2.75. The summed E-state index contributed by atoms with van der Waals surface area (Å²) in [5.74, 6) is 1.33. The predicted molar refractivity (Wildman–Crippen MR) is 121 cm³/mol. The van der Waals surface area contributed by atoms with Crippen LogP contribution in [0.1, 0.15) is 17.0 Å². The molecule has 2 aromatic carbocycles. The van der Waals surface area contributed by atoms with Crippen LogP contribution < -0.4 is 10.1 Å². The van der Waals surface area contributed by atoms with E-state index in [-0.39, 0.29) is 18.3 Å². The van der Waals surface area contributed by atoms with Gasteiger partial charge in [0.15, 0.2) is 11.0 Å². The second kappa shape index (κ2) is 10.3. The Morgan fingerprint density at radius 3 is 2.80 bits per heavy atom. The lowest BCUT2D eigenvalue weighted by molar-refractivity contribution is -0.113. The van der Waals surface area contributed by atoms with Gasteiger partial charge < -0.3 is 10.1 Å². The zero-order valence-electron chi connectivity index (χ0n) is 16.9. The van der Waals surface area contributed by atoms with E-state index in [4.69, 9.17) is 16.3 Å². The summed E-state index contributed by atoms with van der Waals surface area (Å²) in [5, 5.41) is 12.5. The summed E-state index contributed by atoms with van der Waals surface area (Å²) in [4.78, 5) is 12.4. The standard InChI is InChI=1S/C22H23ClN4O2S/c1-4-12-27-20(13-29-19-11-6-5-9-17(19)23)25-26-22(27)30-14-21(28)24-18-10-7-8-15(2)16(18)3/h4-11H,1,12-14H2,2-3H3,(H,24,28). The van der Waals surface area contributed by atoms with Crippen LogP contribution in [-0.4, -0.2) is 26.4 Å². The molecule has 0 aliphatic heterocycles. The van der Waals surface area contributed by atoms with Crippen molar-refractivity contribution < 1.29 is 9.53 Å². The number of aromatic nitrogens is 3. The maximum atomic E-state index is 12.4. The zero-order chi connectivity index (χ0) is 21.5. The SMILES string of the molecule is C=CCn1c(COc2ccccc2Cl)nnc1SCC(=O)Nc1cccc(C)c1C. The minimum atomic E-state index is -0.101. The highest BCUT2D eigenvalue weighted by atomic mass is 35.5. The highest BCUT2D eigenvalue weighted by Crippen LogP contribution is 2.25. The molecule has 0 spiro atoms. The summed E-state index contributed by atoms with van der Waals surface area (Å²) >= 11 is 7.45. The van der Waals surface area contributed by atoms with Gasteiger partial charge in [-0.05, 0) is 43.2 Å². The lowest BCUT2D eigenvalue weighted by Gasteiger charge is -2.11. The monoisotopic (exact) mass is 442 g/mol. The van der Waals surface area contributed by atoms with E-state index in [2.05, 4.69) is 22.1 Å². The fourth-order valence-corrected chi connectivity index (χ4v) is 3.71. The molecule has 1 amide bonds. The van der Waals surface area contributed by atoms with E-state index < -0.39 is 0 Å². The second-order valence-electron chi connectivity index (χ2n) is 6.60. The number of hydrogen-bond acceptors (Lipinski definition) is 5. The molecule has 3 rings (SSSR count). The molecule has 156 valence electrons. The Morgan fingerprint density at radius 1 is 1.23 bits per heavy atom. The summed E-state index contributed by atoms with van der Waals surface area (Å²) in [6.07, 6.45) is 1.75. The van der Waals surface area contributed by atoms with Crippen molar-refractivity contribution in [3.05, 3.63) is 77.1 Å². The van der Waals surface area contributed by atoms with Crippen molar-refractivity contribution in [2.45, 2.75) is 32.2 Å². The number of benzene rings is 2. The van der Waals surface area contributed by atoms with Crippen molar-refractivity contribution >= 4 is 35.0 Å². The number of nitrogens with zero attached hydrogens (tertiary/aromatic N) is 3. The first-order valence-electron chi connectivity index (χ1n) is 9.38. The van der Waals surface area contributed by atoms with E-state index in [9.17, 15) is 4.79 Å². The van der Waals surface area contributed by atoms with E-state index in [1.54, 1.807) is 18.2 Å². The van der Waals surface area contributed by atoms with E-state index in [1.165, 1.54) is 11.8 Å². The summed E-state index contributed by atoms with van der Waals surface area (Å²) in [7, 11) is 0. The van der Waals surface area contributed by atoms with Gasteiger partial charge in [0.2, 0.25) is 5.91 Å². The number of halogens is 1. The van der Waals surface area contributed by atoms with Gasteiger partial charge in [0.05, 0.1) is 10.8 Å². The molecule has 0 atom stereocenters. The summed E-state index contributed by atoms with van der Waals surface area (Å²) in [6.45, 7) is 8.52. The zero-order valence-corrected chi connectivity index (χ0v) is 18.5. The normalized spacial score (nSPS) is 10.6. The average molecular weight is 443 g/mol. The van der Waals surface area contributed by atoms with Crippen LogP contribution in [0.5, 0.6) is 5.75 Å². The third-order valence-electron chi connectivity index (χ3n) is 4.51. The van der Waals surface area contributed by atoms with Gasteiger partial charge in [-0.15, -0.1) is 16.8 Å². The maximum Gasteiger partial charge on any atom is 0.234 e. The van der Waals surface area contributed by atoms with Gasteiger partial charge in [-0.2, -0.15) is 0 Å². The molecule has 0 saturated carbocycles. The highest BCUT2D eigenvalue weighted by Gasteiger charge is 2.15. The number of nitrogens with one attached hydrogen (secondary N) is 1. The van der Waals surface area contributed by atoms with Crippen LogP contribution >= 0.6 is 23.4 Å². The van der Waals surface area contributed by atoms with Crippen LogP contribution in [0.25, 0.3) is 0 Å². The largest absolute Gasteiger partial charge is 0.484 e. The molecule has 0 radical (unpaired) electrons. The topological polar surface area (TPSA) is 69.0 Å². The summed E-state index contributed by atoms with van der Waals surface area (Å²) in [5.41, 5.74) is 3.01. The van der Waals surface area contributed by atoms with Gasteiger partial charge in [0, 0.05) is 12.2 Å². The van der Waals surface area contributed by atoms with Gasteiger partial charge in [-0.1, -0.05) is 53.7 Å². The van der Waals surface area contributed by atoms with E-state index >= 15 is 0 Å². The number of aryl methyl sites for hydroxylation is 1. The minimum Gasteiger partial charge on any atom is -0.484 e. The van der Waals surface area contributed by atoms with Crippen LogP contribution in [0, 0.1) is 13.8 Å². The number of amides is 1. The number of hydrogen-bond donors (Lipinski definition) is 1. The lowest BCUT2D eigenvalue weighted by atomic mass is 10.1. The van der Waals surface area contributed by atoms with Crippen LogP contribution in [-0.2, 0) is 17.9 Å². The molecule has 3 aromatic rings. The van der Waals surface area contributed by atoms with E-state index in [0.717, 1.165) is 16.8 Å². The molecule has 0 saturated heterocycles. The average Bonchev–Trinajstić information content (AvgIpc) is 3.11. The molecule has 0 fully saturated rings. The molecule has 0 bridgehead atoms. The third kappa shape index (κ3) is 5.43. The molecule has 30 heavy (non-hydrogen) atoms. The first kappa shape index (κ1) is 21.9. The number of thioether (sulfide) groups is 1. The fraction of sp³-hybridized carbons (Fsp3) is 0.227. The molecule has 0 aliphatic rings. The van der Waals surface area contributed by atoms with Gasteiger partial charge >= 0.3 is 0 Å². The Bertz CT molecular complexity index is 1050.